The average Bonchev–Trinajstić information content (AvgIpc) is 3.40. The zero-order chi connectivity index (χ0) is 27.6. The second kappa shape index (κ2) is 11.5. The first-order chi connectivity index (χ1) is 18.8. The summed E-state index contributed by atoms with van der Waals surface area (Å²) in [7, 11) is -3.75. The van der Waals surface area contributed by atoms with Crippen LogP contribution in [0.4, 0.5) is 10.8 Å². The molecule has 1 aliphatic heterocycles. The first-order valence-electron chi connectivity index (χ1n) is 13.4. The third-order valence-electron chi connectivity index (χ3n) is 7.38. The normalized spacial score (nSPS) is 13.6. The average molecular weight is 563 g/mol. The summed E-state index contributed by atoms with van der Waals surface area (Å²) in [5.41, 5.74) is 4.18. The molecule has 1 aliphatic rings. The van der Waals surface area contributed by atoms with Gasteiger partial charge in [0.1, 0.15) is 0 Å². The molecule has 1 amide bonds. The number of amides is 1. The van der Waals surface area contributed by atoms with Gasteiger partial charge >= 0.3 is 0 Å². The number of hydrogen-bond donors (Lipinski definition) is 0. The van der Waals surface area contributed by atoms with Gasteiger partial charge < -0.3 is 4.90 Å². The first kappa shape index (κ1) is 27.3. The van der Waals surface area contributed by atoms with E-state index in [4.69, 9.17) is 4.98 Å². The number of para-hydroxylation sites is 2. The van der Waals surface area contributed by atoms with Crippen molar-refractivity contribution in [3.8, 4) is 0 Å². The zero-order valence-corrected chi connectivity index (χ0v) is 24.3. The molecule has 0 unspecified atom stereocenters. The van der Waals surface area contributed by atoms with Gasteiger partial charge in [0.2, 0.25) is 0 Å². The smallest absolute Gasteiger partial charge is 0.264 e. The number of aromatic nitrogens is 1. The molecule has 0 radical (unpaired) electrons. The SMILES string of the molecule is CCN(CC)CCN(C(=O)c1ccc(S(=O)(=O)N2CCCc3ccccc32)cc1)c1nc2c(C)cccc2s1. The van der Waals surface area contributed by atoms with Crippen molar-refractivity contribution < 1.29 is 13.2 Å². The number of rotatable bonds is 9. The summed E-state index contributed by atoms with van der Waals surface area (Å²) in [6, 6.07) is 20.0. The molecule has 9 heteroatoms. The molecule has 3 aromatic carbocycles. The van der Waals surface area contributed by atoms with Crippen LogP contribution in [0, 0.1) is 6.92 Å². The van der Waals surface area contributed by atoms with Crippen LogP contribution in [0.3, 0.4) is 0 Å². The lowest BCUT2D eigenvalue weighted by atomic mass is 10.0. The molecule has 0 saturated heterocycles. The molecule has 0 spiro atoms. The number of sulfonamides is 1. The highest BCUT2D eigenvalue weighted by molar-refractivity contribution is 7.92. The maximum atomic E-state index is 13.8. The quantitative estimate of drug-likeness (QED) is 0.260. The molecule has 2 heterocycles. The van der Waals surface area contributed by atoms with E-state index in [-0.39, 0.29) is 10.8 Å². The molecule has 0 bridgehead atoms. The minimum absolute atomic E-state index is 0.182. The topological polar surface area (TPSA) is 73.8 Å². The van der Waals surface area contributed by atoms with Gasteiger partial charge in [-0.15, -0.1) is 0 Å². The molecule has 5 rings (SSSR count). The van der Waals surface area contributed by atoms with Gasteiger partial charge in [0.15, 0.2) is 5.13 Å². The van der Waals surface area contributed by atoms with Crippen molar-refractivity contribution in [3.05, 3.63) is 83.4 Å². The van der Waals surface area contributed by atoms with E-state index in [1.165, 1.54) is 15.6 Å². The fraction of sp³-hybridized carbons (Fsp3) is 0.333. The fourth-order valence-corrected chi connectivity index (χ4v) is 7.67. The Labute approximate surface area is 234 Å². The van der Waals surface area contributed by atoms with Gasteiger partial charge in [0, 0.05) is 25.2 Å². The summed E-state index contributed by atoms with van der Waals surface area (Å²) in [6.45, 7) is 9.67. The second-order valence-corrected chi connectivity index (χ2v) is 12.6. The van der Waals surface area contributed by atoms with E-state index in [2.05, 4.69) is 18.7 Å². The number of benzene rings is 3. The standard InChI is InChI=1S/C30H34N4O3S2/c1-4-32(5-2)20-21-33(30-31-28-22(3)10-8-14-27(28)38-30)29(35)24-15-17-25(18-16-24)39(36,37)34-19-9-12-23-11-6-7-13-26(23)34/h6-8,10-11,13-18H,4-5,9,12,19-21H2,1-3H3. The van der Waals surface area contributed by atoms with Gasteiger partial charge in [-0.2, -0.15) is 0 Å². The number of thiazole rings is 1. The summed E-state index contributed by atoms with van der Waals surface area (Å²) in [6.07, 6.45) is 1.64. The molecule has 0 atom stereocenters. The molecule has 0 aliphatic carbocycles. The zero-order valence-electron chi connectivity index (χ0n) is 22.6. The van der Waals surface area contributed by atoms with Crippen LogP contribution >= 0.6 is 11.3 Å². The Balaban J connectivity index is 1.44. The molecular formula is C30H34N4O3S2. The molecule has 0 N–H and O–H groups in total. The van der Waals surface area contributed by atoms with Gasteiger partial charge in [-0.1, -0.05) is 55.5 Å². The van der Waals surface area contributed by atoms with E-state index < -0.39 is 10.0 Å². The van der Waals surface area contributed by atoms with Crippen LogP contribution in [0.15, 0.2) is 71.6 Å². The minimum atomic E-state index is -3.75. The van der Waals surface area contributed by atoms with Crippen LogP contribution in [0.1, 0.15) is 41.8 Å². The maximum Gasteiger partial charge on any atom is 0.264 e. The maximum absolute atomic E-state index is 13.8. The number of likely N-dealkylation sites (N-methyl/N-ethyl adjacent to an activating group) is 1. The lowest BCUT2D eigenvalue weighted by molar-refractivity contribution is 0.0983. The van der Waals surface area contributed by atoms with Crippen molar-refractivity contribution in [2.45, 2.75) is 38.5 Å². The van der Waals surface area contributed by atoms with E-state index in [0.717, 1.165) is 53.0 Å². The molecule has 4 aromatic rings. The molecule has 0 saturated carbocycles. The summed E-state index contributed by atoms with van der Waals surface area (Å²) < 4.78 is 29.7. The van der Waals surface area contributed by atoms with Gasteiger partial charge in [-0.25, -0.2) is 13.4 Å². The lowest BCUT2D eigenvalue weighted by Crippen LogP contribution is -2.39. The highest BCUT2D eigenvalue weighted by Gasteiger charge is 2.29. The van der Waals surface area contributed by atoms with E-state index in [9.17, 15) is 13.2 Å². The number of anilines is 2. The first-order valence-corrected chi connectivity index (χ1v) is 15.7. The lowest BCUT2D eigenvalue weighted by Gasteiger charge is -2.30. The summed E-state index contributed by atoms with van der Waals surface area (Å²) in [4.78, 5) is 22.8. The van der Waals surface area contributed by atoms with Crippen molar-refractivity contribution in [2.75, 3.05) is 41.9 Å². The van der Waals surface area contributed by atoms with E-state index in [1.807, 2.05) is 49.4 Å². The van der Waals surface area contributed by atoms with Gasteiger partial charge in [-0.3, -0.25) is 14.0 Å². The highest BCUT2D eigenvalue weighted by atomic mass is 32.2. The van der Waals surface area contributed by atoms with Crippen LogP contribution < -0.4 is 9.21 Å². The van der Waals surface area contributed by atoms with E-state index >= 15 is 0 Å². The Bertz CT molecular complexity index is 1580. The number of hydrogen-bond acceptors (Lipinski definition) is 6. The Morgan fingerprint density at radius 3 is 2.44 bits per heavy atom. The number of aryl methyl sites for hydroxylation is 2. The largest absolute Gasteiger partial charge is 0.302 e. The van der Waals surface area contributed by atoms with Crippen LogP contribution in [0.25, 0.3) is 10.2 Å². The number of nitrogens with zero attached hydrogens (tertiary/aromatic N) is 4. The molecule has 0 fully saturated rings. The minimum Gasteiger partial charge on any atom is -0.302 e. The second-order valence-electron chi connectivity index (χ2n) is 9.74. The van der Waals surface area contributed by atoms with Crippen molar-refractivity contribution in [1.82, 2.24) is 9.88 Å². The highest BCUT2D eigenvalue weighted by Crippen LogP contribution is 2.33. The van der Waals surface area contributed by atoms with Crippen molar-refractivity contribution in [2.24, 2.45) is 0 Å². The van der Waals surface area contributed by atoms with E-state index in [1.54, 1.807) is 29.2 Å². The van der Waals surface area contributed by atoms with Crippen molar-refractivity contribution in [3.63, 3.8) is 0 Å². The fourth-order valence-electron chi connectivity index (χ4n) is 5.06. The Kier molecular flexibility index (Phi) is 8.02. The predicted molar refractivity (Wildman–Crippen MR) is 160 cm³/mol. The number of carbonyl (C=O) groups is 1. The van der Waals surface area contributed by atoms with Gasteiger partial charge in [-0.05, 0) is 80.4 Å². The summed E-state index contributed by atoms with van der Waals surface area (Å²) in [5.74, 6) is -0.189. The van der Waals surface area contributed by atoms with E-state index in [0.29, 0.717) is 30.3 Å². The Hall–Kier alpha value is -3.27. The van der Waals surface area contributed by atoms with Crippen LogP contribution in [-0.4, -0.2) is 56.9 Å². The van der Waals surface area contributed by atoms with Gasteiger partial charge in [0.05, 0.1) is 20.8 Å². The monoisotopic (exact) mass is 562 g/mol. The molecule has 39 heavy (non-hydrogen) atoms. The predicted octanol–water partition coefficient (Wildman–Crippen LogP) is 5.73. The van der Waals surface area contributed by atoms with Crippen LogP contribution in [0.5, 0.6) is 0 Å². The van der Waals surface area contributed by atoms with Crippen LogP contribution in [0.2, 0.25) is 0 Å². The van der Waals surface area contributed by atoms with Crippen molar-refractivity contribution in [1.29, 1.82) is 0 Å². The third kappa shape index (κ3) is 5.44. The number of fused-ring (bicyclic) bond motifs is 2. The molecule has 1 aromatic heterocycles. The Morgan fingerprint density at radius 2 is 1.72 bits per heavy atom. The van der Waals surface area contributed by atoms with Crippen molar-refractivity contribution >= 4 is 48.3 Å². The summed E-state index contributed by atoms with van der Waals surface area (Å²) in [5, 5.41) is 0.651. The molecule has 204 valence electrons. The van der Waals surface area contributed by atoms with Gasteiger partial charge in [0.25, 0.3) is 15.9 Å². The molecular weight excluding hydrogens is 528 g/mol. The van der Waals surface area contributed by atoms with Crippen LogP contribution in [-0.2, 0) is 16.4 Å². The third-order valence-corrected chi connectivity index (χ3v) is 10.2. The number of carbonyl (C=O) groups excluding carboxylic acids is 1. The summed E-state index contributed by atoms with van der Waals surface area (Å²) >= 11 is 1.50. The molecule has 7 nitrogen and oxygen atoms in total. The Morgan fingerprint density at radius 1 is 0.974 bits per heavy atom.